The predicted molar refractivity (Wildman–Crippen MR) is 87.0 cm³/mol. The minimum Gasteiger partial charge on any atom is -0.201 e. The number of rotatable bonds is 11. The van der Waals surface area contributed by atoms with Crippen molar-refractivity contribution in [3.8, 4) is 0 Å². The van der Waals surface area contributed by atoms with Gasteiger partial charge in [0.2, 0.25) is 0 Å². The topological polar surface area (TPSA) is 12.9 Å². The zero-order valence-electron chi connectivity index (χ0n) is 13.1. The summed E-state index contributed by atoms with van der Waals surface area (Å²) in [6.45, 7) is 7.03. The first-order valence-corrected chi connectivity index (χ1v) is 8.91. The molecule has 0 aliphatic rings. The summed E-state index contributed by atoms with van der Waals surface area (Å²) in [6.07, 6.45) is 15.6. The van der Waals surface area contributed by atoms with E-state index in [9.17, 15) is 0 Å². The highest BCUT2D eigenvalue weighted by atomic mass is 32.1. The lowest BCUT2D eigenvalue weighted by atomic mass is 9.78. The minimum atomic E-state index is 0.378. The molecule has 0 radical (unpaired) electrons. The fourth-order valence-corrected chi connectivity index (χ4v) is 3.56. The van der Waals surface area contributed by atoms with Gasteiger partial charge in [0, 0.05) is 16.5 Å². The second-order valence-electron chi connectivity index (χ2n) is 6.06. The van der Waals surface area contributed by atoms with Gasteiger partial charge in [0.25, 0.3) is 0 Å². The first kappa shape index (κ1) is 16.7. The van der Waals surface area contributed by atoms with Gasteiger partial charge < -0.3 is 0 Å². The van der Waals surface area contributed by atoms with Crippen molar-refractivity contribution in [2.75, 3.05) is 0 Å². The van der Waals surface area contributed by atoms with Gasteiger partial charge in [-0.05, 0) is 30.4 Å². The highest BCUT2D eigenvalue weighted by Crippen LogP contribution is 2.37. The molecule has 0 saturated carbocycles. The molecule has 1 nitrogen and oxygen atoms in total. The quantitative estimate of drug-likeness (QED) is 0.431. The van der Waals surface area contributed by atoms with Gasteiger partial charge >= 0.3 is 0 Å². The molecule has 0 bridgehead atoms. The molecule has 0 fully saturated rings. The average molecular weight is 282 g/mol. The van der Waals surface area contributed by atoms with Crippen LogP contribution < -0.4 is 0 Å². The van der Waals surface area contributed by atoms with Gasteiger partial charge in [-0.2, -0.15) is 0 Å². The van der Waals surface area contributed by atoms with Gasteiger partial charge in [-0.3, -0.25) is 0 Å². The second kappa shape index (κ2) is 9.52. The van der Waals surface area contributed by atoms with Crippen molar-refractivity contribution in [2.45, 2.75) is 90.4 Å². The van der Waals surface area contributed by atoms with Crippen molar-refractivity contribution in [2.24, 2.45) is 0 Å². The molecular weight excluding hydrogens is 250 g/mol. The summed E-state index contributed by atoms with van der Waals surface area (Å²) < 4.78 is 4.32. The van der Waals surface area contributed by atoms with E-state index in [4.69, 9.17) is 0 Å². The van der Waals surface area contributed by atoms with Crippen molar-refractivity contribution >= 4 is 11.5 Å². The Morgan fingerprint density at radius 1 is 0.947 bits per heavy atom. The molecule has 0 aliphatic carbocycles. The van der Waals surface area contributed by atoms with Crippen LogP contribution in [0, 0.1) is 0 Å². The molecule has 1 aromatic heterocycles. The number of aromatic nitrogens is 1. The highest BCUT2D eigenvalue weighted by molar-refractivity contribution is 7.05. The van der Waals surface area contributed by atoms with Gasteiger partial charge in [0.05, 0.1) is 0 Å². The molecule has 0 unspecified atom stereocenters. The van der Waals surface area contributed by atoms with Crippen LogP contribution in [0.2, 0.25) is 0 Å². The standard InChI is InChI=1S/C17H31NS/c1-4-6-8-10-13-17(3,14-11-9-7-5-2)16-12-15-18-19-16/h12,15H,4-11,13-14H2,1-3H3. The van der Waals surface area contributed by atoms with E-state index in [1.165, 1.54) is 69.1 Å². The zero-order chi connectivity index (χ0) is 14.0. The summed E-state index contributed by atoms with van der Waals surface area (Å²) in [6, 6.07) is 2.24. The van der Waals surface area contributed by atoms with Gasteiger partial charge in [0.15, 0.2) is 0 Å². The minimum absolute atomic E-state index is 0.378. The first-order valence-electron chi connectivity index (χ1n) is 8.14. The summed E-state index contributed by atoms with van der Waals surface area (Å²) >= 11 is 1.71. The molecule has 0 aromatic carbocycles. The summed E-state index contributed by atoms with van der Waals surface area (Å²) in [4.78, 5) is 1.50. The number of hydrogen-bond acceptors (Lipinski definition) is 2. The molecule has 0 saturated heterocycles. The van der Waals surface area contributed by atoms with Crippen LogP contribution in [0.25, 0.3) is 0 Å². The Morgan fingerprint density at radius 2 is 1.53 bits per heavy atom. The molecule has 0 aliphatic heterocycles. The van der Waals surface area contributed by atoms with Crippen LogP contribution in [0.1, 0.15) is 89.9 Å². The normalized spacial score (nSPS) is 11.9. The van der Waals surface area contributed by atoms with Crippen molar-refractivity contribution in [3.05, 3.63) is 17.1 Å². The largest absolute Gasteiger partial charge is 0.201 e. The van der Waals surface area contributed by atoms with E-state index in [-0.39, 0.29) is 0 Å². The van der Waals surface area contributed by atoms with Crippen LogP contribution >= 0.6 is 11.5 Å². The molecule has 0 spiro atoms. The van der Waals surface area contributed by atoms with Crippen LogP contribution in [0.5, 0.6) is 0 Å². The van der Waals surface area contributed by atoms with Crippen molar-refractivity contribution < 1.29 is 0 Å². The van der Waals surface area contributed by atoms with Crippen molar-refractivity contribution in [1.29, 1.82) is 0 Å². The summed E-state index contributed by atoms with van der Waals surface area (Å²) in [5.41, 5.74) is 0.378. The Balaban J connectivity index is 2.47. The van der Waals surface area contributed by atoms with Crippen molar-refractivity contribution in [3.63, 3.8) is 0 Å². The first-order chi connectivity index (χ1) is 9.23. The predicted octanol–water partition coefficient (Wildman–Crippen LogP) is 6.34. The lowest BCUT2D eigenvalue weighted by Crippen LogP contribution is -2.20. The fraction of sp³-hybridized carbons (Fsp3) is 0.824. The van der Waals surface area contributed by atoms with E-state index in [1.807, 2.05) is 6.20 Å². The molecule has 2 heteroatoms. The van der Waals surface area contributed by atoms with E-state index in [0.29, 0.717) is 5.41 Å². The maximum atomic E-state index is 4.32. The number of nitrogens with zero attached hydrogens (tertiary/aromatic N) is 1. The van der Waals surface area contributed by atoms with Crippen LogP contribution in [0.3, 0.4) is 0 Å². The third-order valence-electron chi connectivity index (χ3n) is 4.20. The highest BCUT2D eigenvalue weighted by Gasteiger charge is 2.27. The van der Waals surface area contributed by atoms with E-state index < -0.39 is 0 Å². The Labute approximate surface area is 124 Å². The Morgan fingerprint density at radius 3 is 1.95 bits per heavy atom. The molecule has 0 atom stereocenters. The van der Waals surface area contributed by atoms with Crippen LogP contribution in [-0.2, 0) is 5.41 Å². The molecular formula is C17H31NS. The molecule has 1 rings (SSSR count). The molecule has 1 aromatic rings. The molecule has 1 heterocycles. The Bertz CT molecular complexity index is 293. The van der Waals surface area contributed by atoms with Gasteiger partial charge in [-0.1, -0.05) is 72.1 Å². The monoisotopic (exact) mass is 281 g/mol. The average Bonchev–Trinajstić information content (AvgIpc) is 2.95. The number of unbranched alkanes of at least 4 members (excludes halogenated alkanes) is 6. The van der Waals surface area contributed by atoms with Gasteiger partial charge in [-0.25, -0.2) is 4.37 Å². The molecule has 0 amide bonds. The second-order valence-corrected chi connectivity index (χ2v) is 6.89. The number of hydrogen-bond donors (Lipinski definition) is 0. The zero-order valence-corrected chi connectivity index (χ0v) is 13.9. The van der Waals surface area contributed by atoms with E-state index in [1.54, 1.807) is 11.5 Å². The third kappa shape index (κ3) is 6.07. The Hall–Kier alpha value is -0.370. The molecule has 110 valence electrons. The van der Waals surface area contributed by atoms with Crippen LogP contribution in [0.4, 0.5) is 0 Å². The fourth-order valence-electron chi connectivity index (χ4n) is 2.78. The molecule has 19 heavy (non-hydrogen) atoms. The van der Waals surface area contributed by atoms with Crippen LogP contribution in [0.15, 0.2) is 12.3 Å². The van der Waals surface area contributed by atoms with E-state index in [2.05, 4.69) is 31.2 Å². The Kier molecular flexibility index (Phi) is 8.36. The van der Waals surface area contributed by atoms with E-state index >= 15 is 0 Å². The molecule has 0 N–H and O–H groups in total. The van der Waals surface area contributed by atoms with Gasteiger partial charge in [0.1, 0.15) is 0 Å². The lowest BCUT2D eigenvalue weighted by Gasteiger charge is -2.28. The maximum Gasteiger partial charge on any atom is 0.0409 e. The third-order valence-corrected chi connectivity index (χ3v) is 5.25. The van der Waals surface area contributed by atoms with Gasteiger partial charge in [-0.15, -0.1) is 0 Å². The lowest BCUT2D eigenvalue weighted by molar-refractivity contribution is 0.370. The maximum absolute atomic E-state index is 4.32. The summed E-state index contributed by atoms with van der Waals surface area (Å²) in [5, 5.41) is 0. The van der Waals surface area contributed by atoms with Crippen LogP contribution in [-0.4, -0.2) is 4.37 Å². The van der Waals surface area contributed by atoms with Crippen molar-refractivity contribution in [1.82, 2.24) is 4.37 Å². The summed E-state index contributed by atoms with van der Waals surface area (Å²) in [7, 11) is 0. The SMILES string of the molecule is CCCCCCC(C)(CCCCCC)c1ccns1. The smallest absolute Gasteiger partial charge is 0.0409 e. The van der Waals surface area contributed by atoms with E-state index in [0.717, 1.165) is 0 Å². The summed E-state index contributed by atoms with van der Waals surface area (Å²) in [5.74, 6) is 0.